The monoisotopic (exact) mass is 457 g/mol. The third-order valence-electron chi connectivity index (χ3n) is 9.48. The van der Waals surface area contributed by atoms with Gasteiger partial charge in [-0.15, -0.1) is 0 Å². The molecule has 1 saturated heterocycles. The molecule has 2 bridgehead atoms. The van der Waals surface area contributed by atoms with Crippen LogP contribution in [0.5, 0.6) is 11.5 Å². The maximum Gasteiger partial charge on any atom is 0.166 e. The summed E-state index contributed by atoms with van der Waals surface area (Å²) in [5.74, 6) is 1.83. The van der Waals surface area contributed by atoms with Gasteiger partial charge in [0.2, 0.25) is 0 Å². The van der Waals surface area contributed by atoms with Crippen LogP contribution in [0.3, 0.4) is 0 Å². The molecule has 4 nitrogen and oxygen atoms in total. The molecule has 2 heterocycles. The quantitative estimate of drug-likeness (QED) is 0.460. The van der Waals surface area contributed by atoms with Crippen LogP contribution in [0.25, 0.3) is 0 Å². The molecule has 2 saturated carbocycles. The number of piperidine rings is 1. The standard InChI is InChI=1S/C30H35NO3/c1-20-13-14-30(33-17-5-8-21-6-3-2-4-7-21)25-18-23-11-12-24(32)27-26(23)29(30,28(20)34-27)15-16-31(25)19-22-9-10-22/h2-4,6-7,11-12,22,25,28,32H,1,5,8-10,13-19H2/t25-,28?,29+,30-/m1/s1. The van der Waals surface area contributed by atoms with E-state index in [9.17, 15) is 5.11 Å². The van der Waals surface area contributed by atoms with E-state index in [1.807, 2.05) is 6.07 Å². The van der Waals surface area contributed by atoms with Crippen LogP contribution in [-0.4, -0.2) is 47.4 Å². The zero-order valence-electron chi connectivity index (χ0n) is 20.0. The van der Waals surface area contributed by atoms with Crippen LogP contribution >= 0.6 is 0 Å². The van der Waals surface area contributed by atoms with Gasteiger partial charge < -0.3 is 14.6 Å². The molecule has 4 atom stereocenters. The van der Waals surface area contributed by atoms with Crippen LogP contribution in [-0.2, 0) is 23.0 Å². The Kier molecular flexibility index (Phi) is 4.70. The van der Waals surface area contributed by atoms with Gasteiger partial charge in [0.1, 0.15) is 6.10 Å². The topological polar surface area (TPSA) is 41.9 Å². The summed E-state index contributed by atoms with van der Waals surface area (Å²) in [7, 11) is 0. The van der Waals surface area contributed by atoms with Crippen molar-refractivity contribution in [1.29, 1.82) is 0 Å². The molecule has 1 unspecified atom stereocenters. The highest BCUT2D eigenvalue weighted by atomic mass is 16.5. The minimum atomic E-state index is -0.283. The number of likely N-dealkylation sites (tertiary alicyclic amines) is 1. The Labute approximate surface area is 202 Å². The minimum Gasteiger partial charge on any atom is -0.504 e. The van der Waals surface area contributed by atoms with Gasteiger partial charge in [-0.1, -0.05) is 43.0 Å². The fraction of sp³-hybridized carbons (Fsp3) is 0.533. The molecule has 2 aromatic rings. The third-order valence-corrected chi connectivity index (χ3v) is 9.48. The summed E-state index contributed by atoms with van der Waals surface area (Å²) >= 11 is 0. The molecule has 34 heavy (non-hydrogen) atoms. The van der Waals surface area contributed by atoms with Crippen molar-refractivity contribution >= 4 is 0 Å². The minimum absolute atomic E-state index is 0.0942. The first-order valence-corrected chi connectivity index (χ1v) is 13.2. The highest BCUT2D eigenvalue weighted by Crippen LogP contribution is 2.67. The Balaban J connectivity index is 1.28. The maximum absolute atomic E-state index is 10.8. The van der Waals surface area contributed by atoms with Gasteiger partial charge in [0.05, 0.1) is 11.0 Å². The van der Waals surface area contributed by atoms with Gasteiger partial charge in [0, 0.05) is 24.8 Å². The summed E-state index contributed by atoms with van der Waals surface area (Å²) in [5.41, 5.74) is 4.61. The molecule has 7 rings (SSSR count). The number of ether oxygens (including phenoxy) is 2. The van der Waals surface area contributed by atoms with E-state index in [2.05, 4.69) is 47.9 Å². The summed E-state index contributed by atoms with van der Waals surface area (Å²) in [4.78, 5) is 2.76. The summed E-state index contributed by atoms with van der Waals surface area (Å²) in [6, 6.07) is 15.1. The third kappa shape index (κ3) is 2.85. The van der Waals surface area contributed by atoms with Crippen molar-refractivity contribution in [1.82, 2.24) is 4.90 Å². The molecule has 3 fully saturated rings. The first-order valence-electron chi connectivity index (χ1n) is 13.2. The van der Waals surface area contributed by atoms with E-state index in [4.69, 9.17) is 9.47 Å². The van der Waals surface area contributed by atoms with Gasteiger partial charge in [0.25, 0.3) is 0 Å². The Morgan fingerprint density at radius 3 is 2.79 bits per heavy atom. The van der Waals surface area contributed by atoms with E-state index >= 15 is 0 Å². The molecule has 0 radical (unpaired) electrons. The molecule has 2 aliphatic heterocycles. The van der Waals surface area contributed by atoms with Crippen LogP contribution < -0.4 is 4.74 Å². The molecule has 5 aliphatic rings. The van der Waals surface area contributed by atoms with Gasteiger partial charge in [-0.05, 0) is 86.6 Å². The summed E-state index contributed by atoms with van der Waals surface area (Å²) < 4.78 is 13.8. The lowest BCUT2D eigenvalue weighted by atomic mass is 9.48. The Bertz CT molecular complexity index is 1130. The van der Waals surface area contributed by atoms with Crippen molar-refractivity contribution < 1.29 is 14.6 Å². The summed E-state index contributed by atoms with van der Waals surface area (Å²) in [6.45, 7) is 7.50. The normalized spacial score (nSPS) is 33.5. The van der Waals surface area contributed by atoms with Crippen molar-refractivity contribution in [2.75, 3.05) is 19.7 Å². The molecule has 0 amide bonds. The van der Waals surface area contributed by atoms with E-state index in [0.29, 0.717) is 11.8 Å². The zero-order valence-corrected chi connectivity index (χ0v) is 20.0. The van der Waals surface area contributed by atoms with Gasteiger partial charge in [-0.2, -0.15) is 0 Å². The highest BCUT2D eigenvalue weighted by molar-refractivity contribution is 5.64. The van der Waals surface area contributed by atoms with E-state index in [0.717, 1.165) is 57.6 Å². The van der Waals surface area contributed by atoms with Crippen molar-refractivity contribution in [3.63, 3.8) is 0 Å². The Morgan fingerprint density at radius 2 is 1.97 bits per heavy atom. The van der Waals surface area contributed by atoms with E-state index in [-0.39, 0.29) is 22.9 Å². The number of aryl methyl sites for hydroxylation is 1. The van der Waals surface area contributed by atoms with Gasteiger partial charge in [-0.25, -0.2) is 0 Å². The lowest BCUT2D eigenvalue weighted by molar-refractivity contribution is -0.207. The van der Waals surface area contributed by atoms with Gasteiger partial charge >= 0.3 is 0 Å². The number of hydrogen-bond donors (Lipinski definition) is 1. The molecule has 4 heteroatoms. The van der Waals surface area contributed by atoms with E-state index < -0.39 is 0 Å². The molecule has 1 N–H and O–H groups in total. The number of aromatic hydroxyl groups is 1. The van der Waals surface area contributed by atoms with Crippen LogP contribution in [0.2, 0.25) is 0 Å². The smallest absolute Gasteiger partial charge is 0.166 e. The van der Waals surface area contributed by atoms with Crippen LogP contribution in [0.4, 0.5) is 0 Å². The van der Waals surface area contributed by atoms with Crippen LogP contribution in [0, 0.1) is 5.92 Å². The SMILES string of the molecule is C=C1CC[C@@]2(OCCCc3ccccc3)[C@H]3Cc4ccc(O)c5c4[C@@]2(CCN3CC2CC2)C1O5. The number of rotatable bonds is 7. The van der Waals surface area contributed by atoms with Crippen LogP contribution in [0.1, 0.15) is 55.2 Å². The predicted octanol–water partition coefficient (Wildman–Crippen LogP) is 5.17. The number of hydrogen-bond acceptors (Lipinski definition) is 4. The number of phenolic OH excluding ortho intramolecular Hbond substituents is 1. The lowest BCUT2D eigenvalue weighted by Gasteiger charge is -2.65. The lowest BCUT2D eigenvalue weighted by Crippen LogP contribution is -2.76. The summed E-state index contributed by atoms with van der Waals surface area (Å²) in [6.07, 6.45) is 8.63. The van der Waals surface area contributed by atoms with Crippen LogP contribution in [0.15, 0.2) is 54.6 Å². The largest absolute Gasteiger partial charge is 0.504 e. The average molecular weight is 458 g/mol. The maximum atomic E-state index is 10.8. The second kappa shape index (κ2) is 7.60. The number of phenols is 1. The molecule has 1 spiro atoms. The molecule has 3 aliphatic carbocycles. The highest BCUT2D eigenvalue weighted by Gasteiger charge is 2.73. The van der Waals surface area contributed by atoms with Gasteiger partial charge in [-0.3, -0.25) is 4.90 Å². The number of benzene rings is 2. The predicted molar refractivity (Wildman–Crippen MR) is 132 cm³/mol. The second-order valence-corrected chi connectivity index (χ2v) is 11.3. The first kappa shape index (κ1) is 21.0. The molecular formula is C30H35NO3. The average Bonchev–Trinajstić information content (AvgIpc) is 3.59. The van der Waals surface area contributed by atoms with Crippen molar-refractivity contribution in [3.8, 4) is 11.5 Å². The number of nitrogens with zero attached hydrogens (tertiary/aromatic N) is 1. The first-order chi connectivity index (χ1) is 16.6. The zero-order chi connectivity index (χ0) is 22.9. The van der Waals surface area contributed by atoms with Gasteiger partial charge in [0.15, 0.2) is 11.5 Å². The molecular weight excluding hydrogens is 422 g/mol. The summed E-state index contributed by atoms with van der Waals surface area (Å²) in [5, 5.41) is 10.8. The molecule has 0 aromatic heterocycles. The van der Waals surface area contributed by atoms with Crippen molar-refractivity contribution in [2.45, 2.75) is 74.5 Å². The molecule has 2 aromatic carbocycles. The van der Waals surface area contributed by atoms with E-state index in [1.165, 1.54) is 41.6 Å². The fourth-order valence-corrected chi connectivity index (χ4v) is 7.83. The Morgan fingerprint density at radius 1 is 1.12 bits per heavy atom. The molecule has 178 valence electrons. The Hall–Kier alpha value is -2.30. The van der Waals surface area contributed by atoms with E-state index in [1.54, 1.807) is 0 Å². The van der Waals surface area contributed by atoms with Crippen molar-refractivity contribution in [2.24, 2.45) is 5.92 Å². The second-order valence-electron chi connectivity index (χ2n) is 11.3. The van der Waals surface area contributed by atoms with Crippen molar-refractivity contribution in [3.05, 3.63) is 71.3 Å². The fourth-order valence-electron chi connectivity index (χ4n) is 7.83.